The van der Waals surface area contributed by atoms with E-state index in [1.165, 1.54) is 7.05 Å². The van der Waals surface area contributed by atoms with Crippen molar-refractivity contribution < 1.29 is 17.9 Å². The molecular formula is C20H25N3O4S. The summed E-state index contributed by atoms with van der Waals surface area (Å²) in [6, 6.07) is 16.4. The standard InChI is InChI=1S/C20H25N3O4S/c1-22(28(25,26)16-17-5-3-2-4-6-17)15-20(24)21-18-7-9-19(10-8-18)23-11-13-27-14-12-23/h2-10H,11-16H2,1H3,(H,21,24). The summed E-state index contributed by atoms with van der Waals surface area (Å²) >= 11 is 0. The van der Waals surface area contributed by atoms with Gasteiger partial charge in [0.25, 0.3) is 0 Å². The minimum Gasteiger partial charge on any atom is -0.378 e. The van der Waals surface area contributed by atoms with E-state index in [4.69, 9.17) is 4.74 Å². The number of carbonyl (C=O) groups is 1. The van der Waals surface area contributed by atoms with Gasteiger partial charge in [0.2, 0.25) is 15.9 Å². The highest BCUT2D eigenvalue weighted by atomic mass is 32.2. The zero-order valence-electron chi connectivity index (χ0n) is 15.9. The number of benzene rings is 2. The largest absolute Gasteiger partial charge is 0.378 e. The van der Waals surface area contributed by atoms with Crippen molar-refractivity contribution in [2.75, 3.05) is 50.1 Å². The zero-order valence-corrected chi connectivity index (χ0v) is 16.7. The molecule has 3 rings (SSSR count). The van der Waals surface area contributed by atoms with Gasteiger partial charge in [-0.15, -0.1) is 0 Å². The number of rotatable bonds is 7. The fraction of sp³-hybridized carbons (Fsp3) is 0.350. The Morgan fingerprint density at radius 2 is 1.71 bits per heavy atom. The van der Waals surface area contributed by atoms with Crippen LogP contribution in [0.4, 0.5) is 11.4 Å². The summed E-state index contributed by atoms with van der Waals surface area (Å²) in [5.74, 6) is -0.510. The molecule has 1 amide bonds. The number of hydrogen-bond donors (Lipinski definition) is 1. The van der Waals surface area contributed by atoms with Crippen molar-refractivity contribution in [2.24, 2.45) is 0 Å². The number of morpholine rings is 1. The molecule has 2 aromatic rings. The van der Waals surface area contributed by atoms with Crippen molar-refractivity contribution in [1.29, 1.82) is 0 Å². The maximum Gasteiger partial charge on any atom is 0.239 e. The van der Waals surface area contributed by atoms with Gasteiger partial charge >= 0.3 is 0 Å². The van der Waals surface area contributed by atoms with E-state index in [1.54, 1.807) is 24.3 Å². The highest BCUT2D eigenvalue weighted by molar-refractivity contribution is 7.88. The van der Waals surface area contributed by atoms with Gasteiger partial charge in [0.1, 0.15) is 0 Å². The van der Waals surface area contributed by atoms with E-state index >= 15 is 0 Å². The maximum absolute atomic E-state index is 12.4. The van der Waals surface area contributed by atoms with Crippen molar-refractivity contribution in [3.8, 4) is 0 Å². The third-order valence-electron chi connectivity index (χ3n) is 4.56. The molecule has 1 fully saturated rings. The lowest BCUT2D eigenvalue weighted by Crippen LogP contribution is -2.36. The highest BCUT2D eigenvalue weighted by Crippen LogP contribution is 2.19. The van der Waals surface area contributed by atoms with Crippen LogP contribution in [-0.4, -0.2) is 58.5 Å². The van der Waals surface area contributed by atoms with Gasteiger partial charge in [0.05, 0.1) is 25.5 Å². The Morgan fingerprint density at radius 1 is 1.07 bits per heavy atom. The lowest BCUT2D eigenvalue weighted by molar-refractivity contribution is -0.116. The second-order valence-electron chi connectivity index (χ2n) is 6.69. The van der Waals surface area contributed by atoms with E-state index in [0.29, 0.717) is 24.5 Å². The number of likely N-dealkylation sites (N-methyl/N-ethyl adjacent to an activating group) is 1. The number of amides is 1. The molecule has 1 N–H and O–H groups in total. The average Bonchev–Trinajstić information content (AvgIpc) is 2.69. The Kier molecular flexibility index (Phi) is 6.66. The molecule has 0 unspecified atom stereocenters. The highest BCUT2D eigenvalue weighted by Gasteiger charge is 2.21. The molecule has 0 bridgehead atoms. The van der Waals surface area contributed by atoms with Crippen LogP contribution in [0.1, 0.15) is 5.56 Å². The summed E-state index contributed by atoms with van der Waals surface area (Å²) in [6.45, 7) is 2.87. The van der Waals surface area contributed by atoms with Gasteiger partial charge in [0.15, 0.2) is 0 Å². The molecule has 0 spiro atoms. The van der Waals surface area contributed by atoms with Crippen LogP contribution >= 0.6 is 0 Å². The number of nitrogens with zero attached hydrogens (tertiary/aromatic N) is 2. The van der Waals surface area contributed by atoms with Crippen LogP contribution < -0.4 is 10.2 Å². The number of carbonyl (C=O) groups excluding carboxylic acids is 1. The summed E-state index contributed by atoms with van der Waals surface area (Å²) in [6.07, 6.45) is 0. The van der Waals surface area contributed by atoms with E-state index in [1.807, 2.05) is 30.3 Å². The van der Waals surface area contributed by atoms with E-state index in [2.05, 4.69) is 10.2 Å². The molecule has 7 nitrogen and oxygen atoms in total. The Morgan fingerprint density at radius 3 is 2.36 bits per heavy atom. The molecule has 0 atom stereocenters. The van der Waals surface area contributed by atoms with Gasteiger partial charge in [-0.05, 0) is 29.8 Å². The molecule has 2 aromatic carbocycles. The Hall–Kier alpha value is -2.42. The summed E-state index contributed by atoms with van der Waals surface area (Å²) in [5.41, 5.74) is 2.40. The van der Waals surface area contributed by atoms with Gasteiger partial charge in [-0.1, -0.05) is 30.3 Å². The first-order valence-corrected chi connectivity index (χ1v) is 10.8. The van der Waals surface area contributed by atoms with E-state index in [0.717, 1.165) is 23.1 Å². The minimum absolute atomic E-state index is 0.133. The Balaban J connectivity index is 1.54. The van der Waals surface area contributed by atoms with Crippen LogP contribution in [0.3, 0.4) is 0 Å². The van der Waals surface area contributed by atoms with Crippen molar-refractivity contribution >= 4 is 27.3 Å². The van der Waals surface area contributed by atoms with Crippen molar-refractivity contribution in [2.45, 2.75) is 5.75 Å². The molecule has 1 saturated heterocycles. The lowest BCUT2D eigenvalue weighted by Gasteiger charge is -2.28. The predicted molar refractivity (Wildman–Crippen MR) is 110 cm³/mol. The molecule has 8 heteroatoms. The lowest BCUT2D eigenvalue weighted by atomic mass is 10.2. The van der Waals surface area contributed by atoms with Crippen LogP contribution in [0.5, 0.6) is 0 Å². The molecule has 1 aliphatic rings. The second kappa shape index (κ2) is 9.18. The first-order chi connectivity index (χ1) is 13.4. The van der Waals surface area contributed by atoms with Crippen LogP contribution in [0.25, 0.3) is 0 Å². The summed E-state index contributed by atoms with van der Waals surface area (Å²) in [7, 11) is -2.15. The number of sulfonamides is 1. The van der Waals surface area contributed by atoms with Crippen LogP contribution in [-0.2, 0) is 25.3 Å². The first kappa shape index (κ1) is 20.3. The average molecular weight is 404 g/mol. The number of hydrogen-bond acceptors (Lipinski definition) is 5. The van der Waals surface area contributed by atoms with E-state index < -0.39 is 10.0 Å². The molecule has 0 aliphatic carbocycles. The van der Waals surface area contributed by atoms with Gasteiger partial charge in [0, 0.05) is 31.5 Å². The molecule has 1 aliphatic heterocycles. The minimum atomic E-state index is -3.57. The molecular weight excluding hydrogens is 378 g/mol. The Labute approximate surface area is 166 Å². The Bertz CT molecular complexity index is 879. The molecule has 0 saturated carbocycles. The number of nitrogens with one attached hydrogen (secondary N) is 1. The molecule has 0 radical (unpaired) electrons. The number of anilines is 2. The van der Waals surface area contributed by atoms with Crippen LogP contribution in [0, 0.1) is 0 Å². The smallest absolute Gasteiger partial charge is 0.239 e. The van der Waals surface area contributed by atoms with Gasteiger partial charge in [-0.25, -0.2) is 8.42 Å². The molecule has 1 heterocycles. The fourth-order valence-electron chi connectivity index (χ4n) is 2.97. The van der Waals surface area contributed by atoms with Crippen molar-refractivity contribution in [3.05, 3.63) is 60.2 Å². The molecule has 150 valence electrons. The van der Waals surface area contributed by atoms with Gasteiger partial charge in [-0.3, -0.25) is 4.79 Å². The van der Waals surface area contributed by atoms with Crippen LogP contribution in [0.15, 0.2) is 54.6 Å². The van der Waals surface area contributed by atoms with Gasteiger partial charge in [-0.2, -0.15) is 4.31 Å². The third-order valence-corrected chi connectivity index (χ3v) is 6.34. The SMILES string of the molecule is CN(CC(=O)Nc1ccc(N2CCOCC2)cc1)S(=O)(=O)Cc1ccccc1. The summed E-state index contributed by atoms with van der Waals surface area (Å²) < 4.78 is 31.3. The monoisotopic (exact) mass is 403 g/mol. The summed E-state index contributed by atoms with van der Waals surface area (Å²) in [4.78, 5) is 14.5. The first-order valence-electron chi connectivity index (χ1n) is 9.14. The second-order valence-corrected chi connectivity index (χ2v) is 8.77. The quantitative estimate of drug-likeness (QED) is 0.764. The topological polar surface area (TPSA) is 79.0 Å². The maximum atomic E-state index is 12.4. The normalized spacial score (nSPS) is 14.9. The molecule has 0 aromatic heterocycles. The zero-order chi connectivity index (χ0) is 20.0. The van der Waals surface area contributed by atoms with Gasteiger partial charge < -0.3 is 15.0 Å². The van der Waals surface area contributed by atoms with Crippen LogP contribution in [0.2, 0.25) is 0 Å². The predicted octanol–water partition coefficient (Wildman–Crippen LogP) is 1.92. The van der Waals surface area contributed by atoms with E-state index in [-0.39, 0.29) is 18.2 Å². The fourth-order valence-corrected chi connectivity index (χ4v) is 4.12. The van der Waals surface area contributed by atoms with E-state index in [9.17, 15) is 13.2 Å². The molecule has 28 heavy (non-hydrogen) atoms. The number of ether oxygens (including phenoxy) is 1. The summed E-state index contributed by atoms with van der Waals surface area (Å²) in [5, 5.41) is 2.75. The van der Waals surface area contributed by atoms with Crippen molar-refractivity contribution in [1.82, 2.24) is 4.31 Å². The van der Waals surface area contributed by atoms with Crippen molar-refractivity contribution in [3.63, 3.8) is 0 Å². The third kappa shape index (κ3) is 5.54.